The summed E-state index contributed by atoms with van der Waals surface area (Å²) in [5.74, 6) is -1.15. The number of halogens is 2. The van der Waals surface area contributed by atoms with Crippen molar-refractivity contribution in [3.8, 4) is 5.75 Å². The van der Waals surface area contributed by atoms with Gasteiger partial charge in [-0.05, 0) is 94.8 Å². The van der Waals surface area contributed by atoms with E-state index in [9.17, 15) is 22.4 Å². The number of benzene rings is 3. The molecule has 41 heavy (non-hydrogen) atoms. The van der Waals surface area contributed by atoms with Crippen LogP contribution in [-0.4, -0.2) is 49.9 Å². The number of carbonyl (C=O) groups is 2. The molecule has 0 saturated heterocycles. The smallest absolute Gasteiger partial charge is 0.264 e. The average Bonchev–Trinajstić information content (AvgIpc) is 2.91. The maximum atomic E-state index is 13.9. The SMILES string of the molecule is CCOc1ccc(S(=O)(=O)N(CC(=O)N(Cc2ccccc2Cl)[C@@H](C)C(=O)NC(C)(C)C)c2ccc(F)cc2)cc1. The number of amides is 2. The first kappa shape index (κ1) is 31.9. The monoisotopic (exact) mass is 603 g/mol. The number of hydrogen-bond acceptors (Lipinski definition) is 5. The van der Waals surface area contributed by atoms with Crippen LogP contribution in [0.15, 0.2) is 77.7 Å². The van der Waals surface area contributed by atoms with Gasteiger partial charge in [0.2, 0.25) is 11.8 Å². The van der Waals surface area contributed by atoms with Crippen LogP contribution in [0.3, 0.4) is 0 Å². The van der Waals surface area contributed by atoms with E-state index >= 15 is 0 Å². The van der Waals surface area contributed by atoms with Crippen molar-refractivity contribution < 1.29 is 27.1 Å². The van der Waals surface area contributed by atoms with Gasteiger partial charge in [0, 0.05) is 17.1 Å². The van der Waals surface area contributed by atoms with Crippen LogP contribution in [0.1, 0.15) is 40.2 Å². The van der Waals surface area contributed by atoms with Gasteiger partial charge in [-0.25, -0.2) is 12.8 Å². The molecule has 0 heterocycles. The minimum absolute atomic E-state index is 0.0441. The summed E-state index contributed by atoms with van der Waals surface area (Å²) in [6, 6.07) is 16.5. The Hall–Kier alpha value is -3.63. The molecule has 0 aliphatic rings. The van der Waals surface area contributed by atoms with E-state index in [1.54, 1.807) is 31.2 Å². The number of rotatable bonds is 11. The maximum absolute atomic E-state index is 13.9. The first-order valence-corrected chi connectivity index (χ1v) is 14.9. The molecule has 1 atom stereocenters. The molecule has 0 saturated carbocycles. The minimum atomic E-state index is -4.30. The summed E-state index contributed by atoms with van der Waals surface area (Å²) in [7, 11) is -4.30. The summed E-state index contributed by atoms with van der Waals surface area (Å²) in [6.07, 6.45) is 0. The molecule has 0 unspecified atom stereocenters. The number of nitrogens with one attached hydrogen (secondary N) is 1. The predicted octanol–water partition coefficient (Wildman–Crippen LogP) is 5.41. The number of carbonyl (C=O) groups excluding carboxylic acids is 2. The summed E-state index contributed by atoms with van der Waals surface area (Å²) in [6.45, 7) is 8.54. The summed E-state index contributed by atoms with van der Waals surface area (Å²) in [5.41, 5.74) is 0.0976. The van der Waals surface area contributed by atoms with Crippen LogP contribution in [0.5, 0.6) is 5.75 Å². The van der Waals surface area contributed by atoms with Crippen molar-refractivity contribution >= 4 is 39.1 Å². The predicted molar refractivity (Wildman–Crippen MR) is 158 cm³/mol. The lowest BCUT2D eigenvalue weighted by Gasteiger charge is -2.33. The summed E-state index contributed by atoms with van der Waals surface area (Å²) >= 11 is 6.38. The fourth-order valence-corrected chi connectivity index (χ4v) is 5.61. The second-order valence-electron chi connectivity index (χ2n) is 10.4. The molecule has 0 aliphatic heterocycles. The van der Waals surface area contributed by atoms with Crippen molar-refractivity contribution in [2.75, 3.05) is 17.5 Å². The normalized spacial score (nSPS) is 12.4. The van der Waals surface area contributed by atoms with E-state index in [2.05, 4.69) is 5.32 Å². The Morgan fingerprint density at radius 2 is 1.61 bits per heavy atom. The second kappa shape index (κ2) is 13.4. The lowest BCUT2D eigenvalue weighted by Crippen LogP contribution is -2.54. The Bertz CT molecular complexity index is 1460. The van der Waals surface area contributed by atoms with E-state index in [4.69, 9.17) is 16.3 Å². The van der Waals surface area contributed by atoms with Gasteiger partial charge in [-0.15, -0.1) is 0 Å². The number of nitrogens with zero attached hydrogens (tertiary/aromatic N) is 2. The van der Waals surface area contributed by atoms with E-state index in [1.165, 1.54) is 41.3 Å². The zero-order valence-corrected chi connectivity index (χ0v) is 25.3. The van der Waals surface area contributed by atoms with Crippen molar-refractivity contribution in [3.05, 3.63) is 89.2 Å². The fraction of sp³-hybridized carbons (Fsp3) is 0.333. The van der Waals surface area contributed by atoms with E-state index < -0.39 is 45.8 Å². The molecule has 3 aromatic carbocycles. The van der Waals surface area contributed by atoms with Crippen molar-refractivity contribution in [1.29, 1.82) is 0 Å². The van der Waals surface area contributed by atoms with Crippen LogP contribution in [-0.2, 0) is 26.2 Å². The van der Waals surface area contributed by atoms with Crippen LogP contribution in [0, 0.1) is 5.82 Å². The molecule has 0 radical (unpaired) electrons. The molecule has 0 fully saturated rings. The van der Waals surface area contributed by atoms with Crippen molar-refractivity contribution in [1.82, 2.24) is 10.2 Å². The van der Waals surface area contributed by atoms with E-state index in [0.717, 1.165) is 16.4 Å². The molecule has 0 bridgehead atoms. The third-order valence-corrected chi connectivity index (χ3v) is 8.24. The Labute approximate surface area is 246 Å². The standard InChI is InChI=1S/C30H35ClFN3O5S/c1-6-40-25-15-17-26(18-16-25)41(38,39)35(24-13-11-23(32)12-14-24)20-28(36)34(19-22-9-7-8-10-27(22)31)21(2)29(37)33-30(3,4)5/h7-18,21H,6,19-20H2,1-5H3,(H,33,37)/t21-/m0/s1. The van der Waals surface area contributed by atoms with Crippen LogP contribution in [0.4, 0.5) is 10.1 Å². The molecule has 0 aromatic heterocycles. The first-order chi connectivity index (χ1) is 19.2. The molecular formula is C30H35ClFN3O5S. The van der Waals surface area contributed by atoms with Gasteiger partial charge >= 0.3 is 0 Å². The number of anilines is 1. The minimum Gasteiger partial charge on any atom is -0.494 e. The molecule has 2 amide bonds. The van der Waals surface area contributed by atoms with Gasteiger partial charge in [0.25, 0.3) is 10.0 Å². The molecule has 220 valence electrons. The van der Waals surface area contributed by atoms with E-state index in [-0.39, 0.29) is 17.1 Å². The maximum Gasteiger partial charge on any atom is 0.264 e. The lowest BCUT2D eigenvalue weighted by atomic mass is 10.1. The molecule has 0 spiro atoms. The summed E-state index contributed by atoms with van der Waals surface area (Å²) < 4.78 is 47.8. The van der Waals surface area contributed by atoms with Crippen LogP contribution in [0.25, 0.3) is 0 Å². The molecule has 3 rings (SSSR count). The summed E-state index contributed by atoms with van der Waals surface area (Å²) in [5, 5.41) is 3.26. The highest BCUT2D eigenvalue weighted by Gasteiger charge is 2.33. The van der Waals surface area contributed by atoms with Crippen molar-refractivity contribution in [3.63, 3.8) is 0 Å². The number of sulfonamides is 1. The van der Waals surface area contributed by atoms with E-state index in [0.29, 0.717) is 22.9 Å². The Morgan fingerprint density at radius 3 is 2.17 bits per heavy atom. The van der Waals surface area contributed by atoms with Gasteiger partial charge in [0.15, 0.2) is 0 Å². The van der Waals surface area contributed by atoms with Gasteiger partial charge in [-0.1, -0.05) is 29.8 Å². The zero-order valence-electron chi connectivity index (χ0n) is 23.7. The quantitative estimate of drug-likeness (QED) is 0.316. The number of ether oxygens (including phenoxy) is 1. The van der Waals surface area contributed by atoms with Gasteiger partial charge in [-0.2, -0.15) is 0 Å². The van der Waals surface area contributed by atoms with Crippen LogP contribution < -0.4 is 14.4 Å². The highest BCUT2D eigenvalue weighted by atomic mass is 35.5. The molecule has 1 N–H and O–H groups in total. The molecular weight excluding hydrogens is 569 g/mol. The lowest BCUT2D eigenvalue weighted by molar-refractivity contribution is -0.140. The highest BCUT2D eigenvalue weighted by Crippen LogP contribution is 2.27. The van der Waals surface area contributed by atoms with Gasteiger partial charge in [-0.3, -0.25) is 13.9 Å². The van der Waals surface area contributed by atoms with Gasteiger partial charge in [0.05, 0.1) is 17.2 Å². The van der Waals surface area contributed by atoms with Crippen molar-refractivity contribution in [2.24, 2.45) is 0 Å². The van der Waals surface area contributed by atoms with Crippen LogP contribution in [0.2, 0.25) is 5.02 Å². The first-order valence-electron chi connectivity index (χ1n) is 13.1. The molecule has 8 nitrogen and oxygen atoms in total. The largest absolute Gasteiger partial charge is 0.494 e. The van der Waals surface area contributed by atoms with Gasteiger partial charge < -0.3 is 15.0 Å². The molecule has 11 heteroatoms. The molecule has 3 aromatic rings. The fourth-order valence-electron chi connectivity index (χ4n) is 4.00. The number of hydrogen-bond donors (Lipinski definition) is 1. The Morgan fingerprint density at radius 1 is 1.00 bits per heavy atom. The summed E-state index contributed by atoms with van der Waals surface area (Å²) in [4.78, 5) is 28.3. The highest BCUT2D eigenvalue weighted by molar-refractivity contribution is 7.92. The second-order valence-corrected chi connectivity index (χ2v) is 12.7. The zero-order chi connectivity index (χ0) is 30.4. The van der Waals surface area contributed by atoms with Gasteiger partial charge in [0.1, 0.15) is 24.2 Å². The Kier molecular flexibility index (Phi) is 10.4. The third kappa shape index (κ3) is 8.43. The average molecular weight is 604 g/mol. The Balaban J connectivity index is 2.04. The molecule has 0 aliphatic carbocycles. The van der Waals surface area contributed by atoms with Crippen LogP contribution >= 0.6 is 11.6 Å². The third-order valence-electron chi connectivity index (χ3n) is 6.08. The topological polar surface area (TPSA) is 96.0 Å². The van der Waals surface area contributed by atoms with E-state index in [1.807, 2.05) is 27.7 Å². The van der Waals surface area contributed by atoms with Crippen molar-refractivity contribution in [2.45, 2.75) is 57.6 Å².